The number of methoxy groups -OCH3 is 2. The highest BCUT2D eigenvalue weighted by Gasteiger charge is 2.15. The van der Waals surface area contributed by atoms with E-state index in [2.05, 4.69) is 4.99 Å². The zero-order valence-corrected chi connectivity index (χ0v) is 18.6. The second-order valence-electron chi connectivity index (χ2n) is 6.39. The van der Waals surface area contributed by atoms with Gasteiger partial charge in [-0.2, -0.15) is 4.99 Å². The Kier molecular flexibility index (Phi) is 7.61. The van der Waals surface area contributed by atoms with Crippen molar-refractivity contribution in [2.45, 2.75) is 13.5 Å². The zero-order chi connectivity index (χ0) is 23.1. The topological polar surface area (TPSA) is 105 Å². The number of para-hydroxylation sites is 2. The summed E-state index contributed by atoms with van der Waals surface area (Å²) < 4.78 is 22.7. The summed E-state index contributed by atoms with van der Waals surface area (Å²) in [5, 5.41) is 0. The van der Waals surface area contributed by atoms with Gasteiger partial charge in [-0.15, -0.1) is 0 Å². The van der Waals surface area contributed by atoms with Crippen LogP contribution in [0.15, 0.2) is 47.5 Å². The number of nitrogens with zero attached hydrogens (tertiary/aromatic N) is 2. The van der Waals surface area contributed by atoms with Crippen LogP contribution in [0.1, 0.15) is 17.3 Å². The zero-order valence-electron chi connectivity index (χ0n) is 17.8. The molecule has 0 fully saturated rings. The van der Waals surface area contributed by atoms with Gasteiger partial charge in [0.25, 0.3) is 5.91 Å². The van der Waals surface area contributed by atoms with Crippen LogP contribution in [0.5, 0.6) is 11.5 Å². The van der Waals surface area contributed by atoms with Gasteiger partial charge in [-0.25, -0.2) is 4.79 Å². The van der Waals surface area contributed by atoms with Gasteiger partial charge in [0.1, 0.15) is 6.54 Å². The lowest BCUT2D eigenvalue weighted by molar-refractivity contribution is -0.141. The molecule has 0 aliphatic carbocycles. The van der Waals surface area contributed by atoms with Gasteiger partial charge in [0.05, 0.1) is 36.6 Å². The van der Waals surface area contributed by atoms with E-state index in [1.165, 1.54) is 14.2 Å². The molecule has 0 atom stereocenters. The maximum Gasteiger partial charge on any atom is 0.338 e. The lowest BCUT2D eigenvalue weighted by Gasteiger charge is -2.08. The van der Waals surface area contributed by atoms with Crippen molar-refractivity contribution >= 4 is 39.4 Å². The molecule has 0 saturated heterocycles. The lowest BCUT2D eigenvalue weighted by atomic mass is 10.2. The van der Waals surface area contributed by atoms with E-state index in [0.717, 1.165) is 11.3 Å². The summed E-state index contributed by atoms with van der Waals surface area (Å²) in [5.41, 5.74) is 0.994. The van der Waals surface area contributed by atoms with Crippen LogP contribution in [-0.2, 0) is 25.6 Å². The van der Waals surface area contributed by atoms with Crippen molar-refractivity contribution in [2.75, 3.05) is 27.4 Å². The third-order valence-corrected chi connectivity index (χ3v) is 5.39. The number of esters is 2. The first-order chi connectivity index (χ1) is 15.5. The fraction of sp³-hybridized carbons (Fsp3) is 0.273. The van der Waals surface area contributed by atoms with E-state index in [1.807, 2.05) is 0 Å². The number of fused-ring (bicyclic) bond motifs is 1. The minimum atomic E-state index is -0.549. The molecule has 0 N–H and O–H groups in total. The molecule has 0 bridgehead atoms. The second kappa shape index (κ2) is 10.6. The molecular weight excluding hydrogens is 436 g/mol. The van der Waals surface area contributed by atoms with Crippen molar-refractivity contribution < 1.29 is 33.3 Å². The van der Waals surface area contributed by atoms with Gasteiger partial charge < -0.3 is 23.5 Å². The highest BCUT2D eigenvalue weighted by molar-refractivity contribution is 7.16. The highest BCUT2D eigenvalue weighted by Crippen LogP contribution is 2.25. The highest BCUT2D eigenvalue weighted by atomic mass is 32.1. The molecule has 1 heterocycles. The molecule has 32 heavy (non-hydrogen) atoms. The number of rotatable bonds is 8. The third-order valence-electron chi connectivity index (χ3n) is 4.35. The van der Waals surface area contributed by atoms with Crippen molar-refractivity contribution in [1.82, 2.24) is 4.57 Å². The molecule has 0 spiro atoms. The van der Waals surface area contributed by atoms with Crippen LogP contribution < -0.4 is 14.3 Å². The number of carbonyl (C=O) groups excluding carboxylic acids is 3. The summed E-state index contributed by atoms with van der Waals surface area (Å²) >= 11 is 1.16. The molecule has 0 unspecified atom stereocenters. The molecule has 0 aliphatic rings. The third kappa shape index (κ3) is 5.33. The van der Waals surface area contributed by atoms with Crippen molar-refractivity contribution in [3.8, 4) is 11.5 Å². The first-order valence-electron chi connectivity index (χ1n) is 9.67. The van der Waals surface area contributed by atoms with Crippen LogP contribution in [0.2, 0.25) is 0 Å². The number of amides is 1. The molecule has 9 nitrogen and oxygen atoms in total. The monoisotopic (exact) mass is 458 g/mol. The van der Waals surface area contributed by atoms with Gasteiger partial charge in [0, 0.05) is 0 Å². The van der Waals surface area contributed by atoms with E-state index in [-0.39, 0.29) is 24.6 Å². The standard InChI is InChI=1S/C22H22N2O7S/c1-4-30-21(27)14-9-10-15-18(11-14)32-22(24(15)12-20(26)29-3)23-19(25)13-31-17-8-6-5-7-16(17)28-2/h5-11H,4,12-13H2,1-3H3. The average molecular weight is 458 g/mol. The Morgan fingerprint density at radius 2 is 1.81 bits per heavy atom. The first kappa shape index (κ1) is 23.0. The normalized spacial score (nSPS) is 11.3. The smallest absolute Gasteiger partial charge is 0.338 e. The SMILES string of the molecule is CCOC(=O)c1ccc2c(c1)sc(=NC(=O)COc1ccccc1OC)n2CC(=O)OC. The van der Waals surface area contributed by atoms with Crippen LogP contribution >= 0.6 is 11.3 Å². The predicted octanol–water partition coefficient (Wildman–Crippen LogP) is 2.57. The molecule has 10 heteroatoms. The molecule has 1 amide bonds. The van der Waals surface area contributed by atoms with E-state index >= 15 is 0 Å². The largest absolute Gasteiger partial charge is 0.493 e. The number of hydrogen-bond donors (Lipinski definition) is 0. The van der Waals surface area contributed by atoms with E-state index in [9.17, 15) is 14.4 Å². The van der Waals surface area contributed by atoms with Gasteiger partial charge in [-0.05, 0) is 37.3 Å². The fourth-order valence-electron chi connectivity index (χ4n) is 2.86. The summed E-state index contributed by atoms with van der Waals surface area (Å²) in [5.74, 6) is -0.599. The lowest BCUT2D eigenvalue weighted by Crippen LogP contribution is -2.23. The van der Waals surface area contributed by atoms with Crippen LogP contribution in [0.4, 0.5) is 0 Å². The van der Waals surface area contributed by atoms with Crippen LogP contribution in [0.3, 0.4) is 0 Å². The fourth-order valence-corrected chi connectivity index (χ4v) is 3.95. The predicted molar refractivity (Wildman–Crippen MR) is 117 cm³/mol. The van der Waals surface area contributed by atoms with E-state index < -0.39 is 17.8 Å². The number of hydrogen-bond acceptors (Lipinski definition) is 8. The Labute approximate surface area is 187 Å². The van der Waals surface area contributed by atoms with Crippen LogP contribution in [0, 0.1) is 0 Å². The Morgan fingerprint density at radius 3 is 2.50 bits per heavy atom. The average Bonchev–Trinajstić information content (AvgIpc) is 3.13. The van der Waals surface area contributed by atoms with Crippen molar-refractivity contribution in [3.05, 3.63) is 52.8 Å². The first-order valence-corrected chi connectivity index (χ1v) is 10.5. The molecule has 3 aromatic rings. The molecule has 168 valence electrons. The summed E-state index contributed by atoms with van der Waals surface area (Å²) in [7, 11) is 2.78. The Hall–Kier alpha value is -3.66. The molecule has 0 saturated carbocycles. The molecular formula is C22H22N2O7S. The summed E-state index contributed by atoms with van der Waals surface area (Å²) in [4.78, 5) is 40.9. The van der Waals surface area contributed by atoms with Crippen LogP contribution in [-0.4, -0.2) is 49.8 Å². The van der Waals surface area contributed by atoms with Crippen molar-refractivity contribution in [2.24, 2.45) is 4.99 Å². The van der Waals surface area contributed by atoms with E-state index in [0.29, 0.717) is 27.3 Å². The van der Waals surface area contributed by atoms with Crippen molar-refractivity contribution in [3.63, 3.8) is 0 Å². The summed E-state index contributed by atoms with van der Waals surface area (Å²) in [6, 6.07) is 11.9. The minimum Gasteiger partial charge on any atom is -0.493 e. The molecule has 1 aromatic heterocycles. The molecule has 0 radical (unpaired) electrons. The van der Waals surface area contributed by atoms with Gasteiger partial charge in [0.15, 0.2) is 22.9 Å². The quantitative estimate of drug-likeness (QED) is 0.478. The van der Waals surface area contributed by atoms with Crippen molar-refractivity contribution in [1.29, 1.82) is 0 Å². The second-order valence-corrected chi connectivity index (χ2v) is 7.40. The van der Waals surface area contributed by atoms with Crippen LogP contribution in [0.25, 0.3) is 10.2 Å². The maximum absolute atomic E-state index is 12.5. The summed E-state index contributed by atoms with van der Waals surface area (Å²) in [6.07, 6.45) is 0. The van der Waals surface area contributed by atoms with Gasteiger partial charge >= 0.3 is 11.9 Å². The maximum atomic E-state index is 12.5. The van der Waals surface area contributed by atoms with Gasteiger partial charge in [-0.3, -0.25) is 9.59 Å². The molecule has 3 rings (SSSR count). The summed E-state index contributed by atoms with van der Waals surface area (Å²) in [6.45, 7) is 1.52. The molecule has 2 aromatic carbocycles. The Balaban J connectivity index is 1.94. The van der Waals surface area contributed by atoms with Gasteiger partial charge in [-0.1, -0.05) is 23.5 Å². The van der Waals surface area contributed by atoms with E-state index in [1.54, 1.807) is 54.0 Å². The Bertz CT molecular complexity index is 1210. The number of thiazole rings is 1. The molecule has 0 aliphatic heterocycles. The van der Waals surface area contributed by atoms with Gasteiger partial charge in [0.2, 0.25) is 0 Å². The number of carbonyl (C=O) groups is 3. The van der Waals surface area contributed by atoms with E-state index in [4.69, 9.17) is 18.9 Å². The number of aromatic nitrogens is 1. The minimum absolute atomic E-state index is 0.144. The Morgan fingerprint density at radius 1 is 1.06 bits per heavy atom. The number of benzene rings is 2. The number of ether oxygens (including phenoxy) is 4.